The summed E-state index contributed by atoms with van der Waals surface area (Å²) in [6.07, 6.45) is -4.58. The van der Waals surface area contributed by atoms with Crippen LogP contribution in [0, 0.1) is 0 Å². The number of fused-ring (bicyclic) bond motifs is 1. The van der Waals surface area contributed by atoms with Gasteiger partial charge in [-0.2, -0.15) is 13.2 Å². The molecule has 0 saturated heterocycles. The van der Waals surface area contributed by atoms with Gasteiger partial charge in [0.2, 0.25) is 5.82 Å². The second kappa shape index (κ2) is 6.87. The van der Waals surface area contributed by atoms with E-state index in [0.29, 0.717) is 0 Å². The molecule has 1 aromatic carbocycles. The van der Waals surface area contributed by atoms with Crippen molar-refractivity contribution >= 4 is 28.5 Å². The minimum absolute atomic E-state index is 0.0578. The third kappa shape index (κ3) is 3.82. The van der Waals surface area contributed by atoms with Crippen molar-refractivity contribution in [1.82, 2.24) is 14.9 Å². The molecule has 130 valence electrons. The lowest BCUT2D eigenvalue weighted by Gasteiger charge is -2.06. The molecule has 10 heteroatoms. The highest BCUT2D eigenvalue weighted by atomic mass is 19.4. The summed E-state index contributed by atoms with van der Waals surface area (Å²) in [5, 5.41) is 4.64. The minimum atomic E-state index is -4.58. The Hall–Kier alpha value is -2.62. The van der Waals surface area contributed by atoms with Crippen LogP contribution in [-0.4, -0.2) is 41.6 Å². The number of aryl methyl sites for hydroxylation is 1. The molecular weight excluding hydrogens is 329 g/mol. The van der Waals surface area contributed by atoms with Crippen molar-refractivity contribution in [2.24, 2.45) is 7.05 Å². The smallest absolute Gasteiger partial charge is 0.383 e. The molecule has 2 N–H and O–H groups in total. The molecule has 24 heavy (non-hydrogen) atoms. The number of anilines is 1. The molecule has 0 radical (unpaired) electrons. The Morgan fingerprint density at radius 1 is 1.29 bits per heavy atom. The molecule has 1 heterocycles. The van der Waals surface area contributed by atoms with Gasteiger partial charge in [0.1, 0.15) is 0 Å². The first-order valence-corrected chi connectivity index (χ1v) is 6.86. The fourth-order valence-corrected chi connectivity index (χ4v) is 2.07. The van der Waals surface area contributed by atoms with Gasteiger partial charge in [-0.1, -0.05) is 0 Å². The first-order chi connectivity index (χ1) is 11.2. The second-order valence-electron chi connectivity index (χ2n) is 4.90. The molecule has 0 bridgehead atoms. The van der Waals surface area contributed by atoms with E-state index < -0.39 is 23.8 Å². The SMILES string of the molecule is COCCNC(=O)C(=O)Nc1ccc2c(c1)nc(C(F)(F)F)n2C. The number of amides is 2. The molecule has 0 spiro atoms. The van der Waals surface area contributed by atoms with Crippen LogP contribution in [0.1, 0.15) is 5.82 Å². The number of hydrogen-bond acceptors (Lipinski definition) is 4. The van der Waals surface area contributed by atoms with Crippen molar-refractivity contribution in [3.8, 4) is 0 Å². The van der Waals surface area contributed by atoms with Gasteiger partial charge in [0.25, 0.3) is 0 Å². The summed E-state index contributed by atoms with van der Waals surface area (Å²) < 4.78 is 44.1. The van der Waals surface area contributed by atoms with Crippen LogP contribution in [0.15, 0.2) is 18.2 Å². The van der Waals surface area contributed by atoms with Crippen molar-refractivity contribution in [3.05, 3.63) is 24.0 Å². The van der Waals surface area contributed by atoms with Crippen molar-refractivity contribution in [2.75, 3.05) is 25.6 Å². The lowest BCUT2D eigenvalue weighted by molar-refractivity contribution is -0.146. The molecule has 0 atom stereocenters. The monoisotopic (exact) mass is 344 g/mol. The van der Waals surface area contributed by atoms with E-state index >= 15 is 0 Å². The van der Waals surface area contributed by atoms with E-state index in [2.05, 4.69) is 15.6 Å². The molecule has 0 fully saturated rings. The molecule has 0 aliphatic heterocycles. The van der Waals surface area contributed by atoms with Crippen molar-refractivity contribution in [1.29, 1.82) is 0 Å². The van der Waals surface area contributed by atoms with Gasteiger partial charge in [-0.3, -0.25) is 9.59 Å². The highest BCUT2D eigenvalue weighted by molar-refractivity contribution is 6.39. The molecule has 1 aromatic heterocycles. The van der Waals surface area contributed by atoms with Gasteiger partial charge in [0.15, 0.2) is 0 Å². The zero-order valence-corrected chi connectivity index (χ0v) is 12.9. The summed E-state index contributed by atoms with van der Waals surface area (Å²) in [5.74, 6) is -2.85. The second-order valence-corrected chi connectivity index (χ2v) is 4.90. The summed E-state index contributed by atoms with van der Waals surface area (Å²) >= 11 is 0. The van der Waals surface area contributed by atoms with E-state index in [1.54, 1.807) is 0 Å². The van der Waals surface area contributed by atoms with Crippen molar-refractivity contribution in [3.63, 3.8) is 0 Å². The van der Waals surface area contributed by atoms with E-state index in [9.17, 15) is 22.8 Å². The predicted octanol–water partition coefficient (Wildman–Crippen LogP) is 1.29. The van der Waals surface area contributed by atoms with Crippen LogP contribution in [-0.2, 0) is 27.5 Å². The van der Waals surface area contributed by atoms with E-state index in [0.717, 1.165) is 4.57 Å². The number of imidazole rings is 1. The minimum Gasteiger partial charge on any atom is -0.383 e. The molecule has 2 aromatic rings. The molecule has 2 amide bonds. The lowest BCUT2D eigenvalue weighted by atomic mass is 10.2. The average molecular weight is 344 g/mol. The first-order valence-electron chi connectivity index (χ1n) is 6.86. The Labute approximate surface area is 134 Å². The van der Waals surface area contributed by atoms with Crippen LogP contribution in [0.25, 0.3) is 11.0 Å². The van der Waals surface area contributed by atoms with Gasteiger partial charge in [-0.05, 0) is 18.2 Å². The van der Waals surface area contributed by atoms with Crippen LogP contribution in [0.3, 0.4) is 0 Å². The fourth-order valence-electron chi connectivity index (χ4n) is 2.07. The zero-order valence-electron chi connectivity index (χ0n) is 12.9. The predicted molar refractivity (Wildman–Crippen MR) is 79.2 cm³/mol. The third-order valence-corrected chi connectivity index (χ3v) is 3.19. The number of hydrogen-bond donors (Lipinski definition) is 2. The van der Waals surface area contributed by atoms with E-state index in [4.69, 9.17) is 4.74 Å². The maximum atomic E-state index is 12.8. The highest BCUT2D eigenvalue weighted by Gasteiger charge is 2.36. The Balaban J connectivity index is 2.16. The average Bonchev–Trinajstić information content (AvgIpc) is 2.84. The standard InChI is InChI=1S/C14H15F3N4O3/c1-21-10-4-3-8(7-9(10)20-13(21)14(15,16)17)19-12(23)11(22)18-5-6-24-2/h3-4,7H,5-6H2,1-2H3,(H,18,22)(H,19,23). The number of nitrogens with one attached hydrogen (secondary N) is 2. The van der Waals surface area contributed by atoms with Gasteiger partial charge in [0.05, 0.1) is 17.6 Å². The van der Waals surface area contributed by atoms with Gasteiger partial charge < -0.3 is 19.9 Å². The number of halogens is 3. The maximum absolute atomic E-state index is 12.8. The number of aromatic nitrogens is 2. The van der Waals surface area contributed by atoms with Crippen LogP contribution < -0.4 is 10.6 Å². The normalized spacial score (nSPS) is 11.5. The van der Waals surface area contributed by atoms with Gasteiger partial charge in [-0.15, -0.1) is 0 Å². The summed E-state index contributed by atoms with van der Waals surface area (Å²) in [7, 11) is 2.70. The molecule has 7 nitrogen and oxygen atoms in total. The number of rotatable bonds is 4. The van der Waals surface area contributed by atoms with Gasteiger partial charge >= 0.3 is 18.0 Å². The summed E-state index contributed by atoms with van der Waals surface area (Å²) in [5.41, 5.74) is 0.480. The maximum Gasteiger partial charge on any atom is 0.449 e. The molecule has 0 aliphatic carbocycles. The number of alkyl halides is 3. The summed E-state index contributed by atoms with van der Waals surface area (Å²) in [4.78, 5) is 26.8. The topological polar surface area (TPSA) is 85.2 Å². The number of ether oxygens (including phenoxy) is 1. The van der Waals surface area contributed by atoms with Crippen LogP contribution >= 0.6 is 0 Å². The molecular formula is C14H15F3N4O3. The highest BCUT2D eigenvalue weighted by Crippen LogP contribution is 2.31. The van der Waals surface area contributed by atoms with E-state index in [-0.39, 0.29) is 29.9 Å². The summed E-state index contributed by atoms with van der Waals surface area (Å²) in [6, 6.07) is 4.05. The van der Waals surface area contributed by atoms with Crippen LogP contribution in [0.4, 0.5) is 18.9 Å². The molecule has 0 aliphatic rings. The number of methoxy groups -OCH3 is 1. The van der Waals surface area contributed by atoms with E-state index in [1.165, 1.54) is 32.4 Å². The Morgan fingerprint density at radius 3 is 2.62 bits per heavy atom. The van der Waals surface area contributed by atoms with Gasteiger partial charge in [0, 0.05) is 26.4 Å². The number of nitrogens with zero attached hydrogens (tertiary/aromatic N) is 2. The Kier molecular flexibility index (Phi) is 5.07. The number of benzene rings is 1. The Morgan fingerprint density at radius 2 is 2.00 bits per heavy atom. The van der Waals surface area contributed by atoms with E-state index in [1.807, 2.05) is 0 Å². The molecule has 2 rings (SSSR count). The number of carbonyl (C=O) groups is 2. The fraction of sp³-hybridized carbons (Fsp3) is 0.357. The summed E-state index contributed by atoms with van der Waals surface area (Å²) in [6.45, 7) is 0.413. The molecule has 0 saturated carbocycles. The van der Waals surface area contributed by atoms with Crippen molar-refractivity contribution in [2.45, 2.75) is 6.18 Å². The van der Waals surface area contributed by atoms with Crippen LogP contribution in [0.5, 0.6) is 0 Å². The Bertz CT molecular complexity index is 770. The van der Waals surface area contributed by atoms with Gasteiger partial charge in [-0.25, -0.2) is 4.98 Å². The first kappa shape index (κ1) is 17.7. The third-order valence-electron chi connectivity index (χ3n) is 3.19. The number of carbonyl (C=O) groups excluding carboxylic acids is 2. The lowest BCUT2D eigenvalue weighted by Crippen LogP contribution is -2.37. The quantitative estimate of drug-likeness (QED) is 0.647. The van der Waals surface area contributed by atoms with Crippen molar-refractivity contribution < 1.29 is 27.5 Å². The largest absolute Gasteiger partial charge is 0.449 e. The zero-order chi connectivity index (χ0) is 17.9. The molecule has 0 unspecified atom stereocenters. The van der Waals surface area contributed by atoms with Crippen LogP contribution in [0.2, 0.25) is 0 Å².